The van der Waals surface area contributed by atoms with E-state index in [4.69, 9.17) is 19.9 Å². The summed E-state index contributed by atoms with van der Waals surface area (Å²) < 4.78 is 30.1. The zero-order chi connectivity index (χ0) is 12.8. The molecular formula is C13H16FNO3. The Balaban J connectivity index is 2.03. The van der Waals surface area contributed by atoms with E-state index in [1.165, 1.54) is 7.11 Å². The van der Waals surface area contributed by atoms with E-state index in [0.29, 0.717) is 25.4 Å². The minimum atomic E-state index is -0.492. The monoisotopic (exact) mass is 253 g/mol. The van der Waals surface area contributed by atoms with Crippen molar-refractivity contribution in [1.82, 2.24) is 0 Å². The van der Waals surface area contributed by atoms with Crippen molar-refractivity contribution in [3.05, 3.63) is 17.4 Å². The van der Waals surface area contributed by atoms with E-state index < -0.39 is 5.82 Å². The van der Waals surface area contributed by atoms with Gasteiger partial charge in [0.1, 0.15) is 13.2 Å². The van der Waals surface area contributed by atoms with Gasteiger partial charge in [-0.15, -0.1) is 0 Å². The molecule has 0 atom stereocenters. The first-order valence-corrected chi connectivity index (χ1v) is 6.07. The van der Waals surface area contributed by atoms with Gasteiger partial charge in [-0.1, -0.05) is 0 Å². The first-order valence-electron chi connectivity index (χ1n) is 6.07. The van der Waals surface area contributed by atoms with E-state index >= 15 is 0 Å². The van der Waals surface area contributed by atoms with Crippen molar-refractivity contribution in [3.8, 4) is 17.2 Å². The molecule has 1 aliphatic heterocycles. The lowest BCUT2D eigenvalue weighted by atomic mass is 10.0. The number of halogens is 1. The van der Waals surface area contributed by atoms with Gasteiger partial charge in [0.15, 0.2) is 11.5 Å². The Bertz CT molecular complexity index is 486. The molecule has 1 saturated carbocycles. The van der Waals surface area contributed by atoms with E-state index in [-0.39, 0.29) is 17.0 Å². The fourth-order valence-corrected chi connectivity index (χ4v) is 2.25. The van der Waals surface area contributed by atoms with E-state index in [2.05, 4.69) is 0 Å². The third kappa shape index (κ3) is 1.88. The molecule has 1 aromatic carbocycles. The molecule has 2 N–H and O–H groups in total. The van der Waals surface area contributed by atoms with Crippen LogP contribution in [0.5, 0.6) is 17.2 Å². The molecule has 0 radical (unpaired) electrons. The van der Waals surface area contributed by atoms with Crippen LogP contribution in [0.1, 0.15) is 18.4 Å². The van der Waals surface area contributed by atoms with Gasteiger partial charge in [0.2, 0.25) is 11.6 Å². The summed E-state index contributed by atoms with van der Waals surface area (Å²) in [5.41, 5.74) is 6.62. The summed E-state index contributed by atoms with van der Waals surface area (Å²) >= 11 is 0. The van der Waals surface area contributed by atoms with Crippen LogP contribution in [0.15, 0.2) is 6.07 Å². The third-order valence-electron chi connectivity index (χ3n) is 3.45. The van der Waals surface area contributed by atoms with Gasteiger partial charge in [-0.25, -0.2) is 0 Å². The SMILES string of the molecule is COc1c(CC2(N)CC2)cc2c(c1F)OCCO2. The summed E-state index contributed by atoms with van der Waals surface area (Å²) in [7, 11) is 1.45. The number of benzene rings is 1. The van der Waals surface area contributed by atoms with Gasteiger partial charge in [0.25, 0.3) is 0 Å². The van der Waals surface area contributed by atoms with Crippen molar-refractivity contribution >= 4 is 0 Å². The van der Waals surface area contributed by atoms with Gasteiger partial charge in [0, 0.05) is 11.1 Å². The average Bonchev–Trinajstić information content (AvgIpc) is 3.07. The lowest BCUT2D eigenvalue weighted by Crippen LogP contribution is -2.25. The maximum Gasteiger partial charge on any atom is 0.210 e. The molecule has 0 amide bonds. The van der Waals surface area contributed by atoms with Crippen LogP contribution in [-0.2, 0) is 6.42 Å². The minimum Gasteiger partial charge on any atom is -0.493 e. The van der Waals surface area contributed by atoms with E-state index in [0.717, 1.165) is 18.4 Å². The Morgan fingerprint density at radius 2 is 2.11 bits per heavy atom. The Morgan fingerprint density at radius 3 is 2.78 bits per heavy atom. The summed E-state index contributed by atoms with van der Waals surface area (Å²) in [6.07, 6.45) is 2.53. The lowest BCUT2D eigenvalue weighted by Gasteiger charge is -2.22. The van der Waals surface area contributed by atoms with Crippen molar-refractivity contribution < 1.29 is 18.6 Å². The van der Waals surface area contributed by atoms with Crippen LogP contribution < -0.4 is 19.9 Å². The van der Waals surface area contributed by atoms with Crippen molar-refractivity contribution in [1.29, 1.82) is 0 Å². The first kappa shape index (κ1) is 11.6. The van der Waals surface area contributed by atoms with E-state index in [1.807, 2.05) is 0 Å². The van der Waals surface area contributed by atoms with Gasteiger partial charge in [-0.3, -0.25) is 0 Å². The second-order valence-corrected chi connectivity index (χ2v) is 4.95. The topological polar surface area (TPSA) is 53.7 Å². The number of rotatable bonds is 3. The third-order valence-corrected chi connectivity index (χ3v) is 3.45. The summed E-state index contributed by atoms with van der Waals surface area (Å²) in [5.74, 6) is 0.312. The van der Waals surface area contributed by atoms with E-state index in [1.54, 1.807) is 6.07 Å². The molecule has 1 aliphatic carbocycles. The molecule has 18 heavy (non-hydrogen) atoms. The molecule has 3 rings (SSSR count). The zero-order valence-electron chi connectivity index (χ0n) is 10.3. The second-order valence-electron chi connectivity index (χ2n) is 4.95. The lowest BCUT2D eigenvalue weighted by molar-refractivity contribution is 0.162. The normalized spacial score (nSPS) is 19.5. The molecule has 0 saturated heterocycles. The highest BCUT2D eigenvalue weighted by atomic mass is 19.1. The van der Waals surface area contributed by atoms with Gasteiger partial charge in [0.05, 0.1) is 7.11 Å². The molecule has 4 nitrogen and oxygen atoms in total. The predicted molar refractivity (Wildman–Crippen MR) is 63.8 cm³/mol. The zero-order valence-corrected chi connectivity index (χ0v) is 10.3. The molecule has 1 heterocycles. The summed E-state index contributed by atoms with van der Waals surface area (Å²) in [4.78, 5) is 0. The number of hydrogen-bond donors (Lipinski definition) is 1. The summed E-state index contributed by atoms with van der Waals surface area (Å²) in [6, 6.07) is 1.78. The average molecular weight is 253 g/mol. The Hall–Kier alpha value is -1.49. The largest absolute Gasteiger partial charge is 0.493 e. The molecule has 0 aromatic heterocycles. The number of nitrogens with two attached hydrogens (primary N) is 1. The van der Waals surface area contributed by atoms with Crippen molar-refractivity contribution in [2.45, 2.75) is 24.8 Å². The molecular weight excluding hydrogens is 237 g/mol. The van der Waals surface area contributed by atoms with Crippen LogP contribution >= 0.6 is 0 Å². The highest BCUT2D eigenvalue weighted by Gasteiger charge is 2.39. The van der Waals surface area contributed by atoms with Gasteiger partial charge >= 0.3 is 0 Å². The summed E-state index contributed by atoms with van der Waals surface area (Å²) in [5, 5.41) is 0. The molecule has 98 valence electrons. The minimum absolute atomic E-state index is 0.142. The molecule has 0 spiro atoms. The molecule has 0 unspecified atom stereocenters. The smallest absolute Gasteiger partial charge is 0.210 e. The van der Waals surface area contributed by atoms with Crippen molar-refractivity contribution in [3.63, 3.8) is 0 Å². The maximum absolute atomic E-state index is 14.2. The fraction of sp³-hybridized carbons (Fsp3) is 0.538. The number of ether oxygens (including phenoxy) is 3. The first-order chi connectivity index (χ1) is 8.63. The maximum atomic E-state index is 14.2. The van der Waals surface area contributed by atoms with Gasteiger partial charge in [-0.2, -0.15) is 4.39 Å². The Kier molecular flexibility index (Phi) is 2.59. The molecule has 2 aliphatic rings. The van der Waals surface area contributed by atoms with Crippen LogP contribution in [0.25, 0.3) is 0 Å². The Labute approximate surface area is 105 Å². The van der Waals surface area contributed by atoms with E-state index in [9.17, 15) is 4.39 Å². The molecule has 5 heteroatoms. The highest BCUT2D eigenvalue weighted by molar-refractivity contribution is 5.53. The number of methoxy groups -OCH3 is 1. The van der Waals surface area contributed by atoms with Crippen LogP contribution in [0.2, 0.25) is 0 Å². The predicted octanol–water partition coefficient (Wildman–Crippen LogP) is 1.64. The van der Waals surface area contributed by atoms with Gasteiger partial charge in [-0.05, 0) is 25.3 Å². The number of fused-ring (bicyclic) bond motifs is 1. The second kappa shape index (κ2) is 4.02. The standard InChI is InChI=1S/C13H16FNO3/c1-16-11-8(7-13(15)2-3-13)6-9-12(10(11)14)18-5-4-17-9/h6H,2-5,7,15H2,1H3. The van der Waals surface area contributed by atoms with Crippen LogP contribution in [0, 0.1) is 5.82 Å². The quantitative estimate of drug-likeness (QED) is 0.889. The Morgan fingerprint density at radius 1 is 1.39 bits per heavy atom. The van der Waals surface area contributed by atoms with Crippen molar-refractivity contribution in [2.75, 3.05) is 20.3 Å². The van der Waals surface area contributed by atoms with Crippen LogP contribution in [0.3, 0.4) is 0 Å². The molecule has 1 aromatic rings. The molecule has 1 fully saturated rings. The van der Waals surface area contributed by atoms with Gasteiger partial charge < -0.3 is 19.9 Å². The van der Waals surface area contributed by atoms with Crippen LogP contribution in [0.4, 0.5) is 4.39 Å². The fourth-order valence-electron chi connectivity index (χ4n) is 2.25. The molecule has 0 bridgehead atoms. The number of hydrogen-bond acceptors (Lipinski definition) is 4. The highest BCUT2D eigenvalue weighted by Crippen LogP contribution is 2.44. The van der Waals surface area contributed by atoms with Crippen molar-refractivity contribution in [2.24, 2.45) is 5.73 Å². The van der Waals surface area contributed by atoms with Crippen LogP contribution in [-0.4, -0.2) is 25.9 Å². The summed E-state index contributed by atoms with van der Waals surface area (Å²) in [6.45, 7) is 0.791.